The normalized spacial score (nSPS) is 11.3. The first kappa shape index (κ1) is 13.7. The second-order valence-electron chi connectivity index (χ2n) is 4.02. The Morgan fingerprint density at radius 2 is 1.79 bits per heavy atom. The predicted octanol–water partition coefficient (Wildman–Crippen LogP) is 2.75. The van der Waals surface area contributed by atoms with Gasteiger partial charge >= 0.3 is 0 Å². The molecule has 0 radical (unpaired) electrons. The Kier molecular flexibility index (Phi) is 3.68. The molecule has 0 spiro atoms. The lowest BCUT2D eigenvalue weighted by molar-refractivity contribution is 0.594. The van der Waals surface area contributed by atoms with Crippen LogP contribution in [-0.4, -0.2) is 15.5 Å². The van der Waals surface area contributed by atoms with Crippen LogP contribution in [0.25, 0.3) is 0 Å². The molecule has 0 heterocycles. The molecule has 0 aromatic heterocycles. The molecule has 0 aliphatic heterocycles. The molecular weight excluding hydrogens is 284 g/mol. The van der Waals surface area contributed by atoms with Gasteiger partial charge in [0, 0.05) is 17.8 Å². The summed E-state index contributed by atoms with van der Waals surface area (Å²) < 4.78 is 26.0. The summed E-state index contributed by atoms with van der Waals surface area (Å²) in [6.07, 6.45) is 0. The number of nitrogen functional groups attached to an aromatic ring is 1. The number of nitrogens with zero attached hydrogens (tertiary/aromatic N) is 1. The van der Waals surface area contributed by atoms with E-state index in [0.717, 1.165) is 0 Å². The van der Waals surface area contributed by atoms with Gasteiger partial charge in [0.2, 0.25) is 0 Å². The van der Waals surface area contributed by atoms with Crippen LogP contribution in [0.5, 0.6) is 0 Å². The standard InChI is InChI=1S/C13H13ClN2O2S/c1-16(12-6-3-5-11(15)9-12)19(17,18)13-7-2-4-10(14)8-13/h2-9H,15H2,1H3. The summed E-state index contributed by atoms with van der Waals surface area (Å²) in [6.45, 7) is 0. The number of halogens is 1. The van der Waals surface area contributed by atoms with Crippen molar-refractivity contribution in [3.8, 4) is 0 Å². The van der Waals surface area contributed by atoms with Gasteiger partial charge in [-0.25, -0.2) is 8.42 Å². The van der Waals surface area contributed by atoms with Gasteiger partial charge in [0.25, 0.3) is 10.0 Å². The van der Waals surface area contributed by atoms with E-state index in [1.165, 1.54) is 23.5 Å². The van der Waals surface area contributed by atoms with Crippen LogP contribution in [0.3, 0.4) is 0 Å². The number of sulfonamides is 1. The molecule has 0 saturated heterocycles. The molecular formula is C13H13ClN2O2S. The number of anilines is 2. The average Bonchev–Trinajstić information content (AvgIpc) is 2.38. The van der Waals surface area contributed by atoms with E-state index in [-0.39, 0.29) is 4.90 Å². The first-order chi connectivity index (χ1) is 8.91. The highest BCUT2D eigenvalue weighted by Crippen LogP contribution is 2.24. The van der Waals surface area contributed by atoms with Crippen LogP contribution in [0.2, 0.25) is 5.02 Å². The Bertz CT molecular complexity index is 701. The molecule has 4 nitrogen and oxygen atoms in total. The molecule has 0 amide bonds. The van der Waals surface area contributed by atoms with Crippen molar-refractivity contribution in [2.75, 3.05) is 17.1 Å². The molecule has 2 aromatic rings. The molecule has 0 aliphatic carbocycles. The Morgan fingerprint density at radius 3 is 2.42 bits per heavy atom. The van der Waals surface area contributed by atoms with Crippen LogP contribution < -0.4 is 10.0 Å². The van der Waals surface area contributed by atoms with Crippen molar-refractivity contribution < 1.29 is 8.42 Å². The van der Waals surface area contributed by atoms with Gasteiger partial charge < -0.3 is 5.73 Å². The van der Waals surface area contributed by atoms with Crippen molar-refractivity contribution in [3.05, 3.63) is 53.6 Å². The minimum atomic E-state index is -3.64. The van der Waals surface area contributed by atoms with Gasteiger partial charge in [-0.15, -0.1) is 0 Å². The monoisotopic (exact) mass is 296 g/mol. The zero-order chi connectivity index (χ0) is 14.0. The van der Waals surface area contributed by atoms with Crippen LogP contribution in [0.15, 0.2) is 53.4 Å². The Labute approximate surface area is 117 Å². The average molecular weight is 297 g/mol. The topological polar surface area (TPSA) is 63.4 Å². The Hall–Kier alpha value is -1.72. The molecule has 2 N–H and O–H groups in total. The zero-order valence-corrected chi connectivity index (χ0v) is 11.8. The largest absolute Gasteiger partial charge is 0.399 e. The van der Waals surface area contributed by atoms with Crippen molar-refractivity contribution in [2.24, 2.45) is 0 Å². The van der Waals surface area contributed by atoms with Gasteiger partial charge in [-0.2, -0.15) is 0 Å². The predicted molar refractivity (Wildman–Crippen MR) is 77.9 cm³/mol. The van der Waals surface area contributed by atoms with E-state index in [1.54, 1.807) is 36.4 Å². The van der Waals surface area contributed by atoms with Gasteiger partial charge in [-0.3, -0.25) is 4.31 Å². The summed E-state index contributed by atoms with van der Waals surface area (Å²) in [5.41, 5.74) is 6.67. The fourth-order valence-electron chi connectivity index (χ4n) is 1.65. The fourth-order valence-corrected chi connectivity index (χ4v) is 3.13. The maximum Gasteiger partial charge on any atom is 0.264 e. The number of rotatable bonds is 3. The van der Waals surface area contributed by atoms with E-state index in [2.05, 4.69) is 0 Å². The molecule has 0 aliphatic rings. The van der Waals surface area contributed by atoms with Gasteiger partial charge in [-0.05, 0) is 36.4 Å². The lowest BCUT2D eigenvalue weighted by atomic mass is 10.3. The van der Waals surface area contributed by atoms with Crippen molar-refractivity contribution in [1.29, 1.82) is 0 Å². The number of benzene rings is 2. The highest BCUT2D eigenvalue weighted by molar-refractivity contribution is 7.92. The first-order valence-electron chi connectivity index (χ1n) is 5.51. The summed E-state index contributed by atoms with van der Waals surface area (Å²) in [5.74, 6) is 0. The second kappa shape index (κ2) is 5.11. The van der Waals surface area contributed by atoms with E-state index >= 15 is 0 Å². The summed E-state index contributed by atoms with van der Waals surface area (Å²) in [4.78, 5) is 0.143. The molecule has 2 rings (SSSR count). The quantitative estimate of drug-likeness (QED) is 0.886. The third kappa shape index (κ3) is 2.83. The number of nitrogens with two attached hydrogens (primary N) is 1. The molecule has 0 fully saturated rings. The molecule has 0 unspecified atom stereocenters. The van der Waals surface area contributed by atoms with E-state index in [9.17, 15) is 8.42 Å². The van der Waals surface area contributed by atoms with Crippen LogP contribution in [0.4, 0.5) is 11.4 Å². The third-order valence-corrected chi connectivity index (χ3v) is 4.70. The van der Waals surface area contributed by atoms with Crippen molar-refractivity contribution >= 4 is 33.0 Å². The highest BCUT2D eigenvalue weighted by Gasteiger charge is 2.21. The van der Waals surface area contributed by atoms with Gasteiger partial charge in [0.05, 0.1) is 10.6 Å². The molecule has 100 valence electrons. The Morgan fingerprint density at radius 1 is 1.11 bits per heavy atom. The molecule has 0 bridgehead atoms. The summed E-state index contributed by atoms with van der Waals surface area (Å²) >= 11 is 5.82. The minimum absolute atomic E-state index is 0.143. The number of hydrogen-bond acceptors (Lipinski definition) is 3. The van der Waals surface area contributed by atoms with E-state index in [1.807, 2.05) is 0 Å². The zero-order valence-electron chi connectivity index (χ0n) is 10.2. The fraction of sp³-hybridized carbons (Fsp3) is 0.0769. The summed E-state index contributed by atoms with van der Waals surface area (Å²) in [6, 6.07) is 12.8. The highest BCUT2D eigenvalue weighted by atomic mass is 35.5. The van der Waals surface area contributed by atoms with E-state index in [4.69, 9.17) is 17.3 Å². The lowest BCUT2D eigenvalue weighted by Gasteiger charge is -2.19. The second-order valence-corrected chi connectivity index (χ2v) is 6.43. The molecule has 0 atom stereocenters. The van der Waals surface area contributed by atoms with Crippen molar-refractivity contribution in [1.82, 2.24) is 0 Å². The third-order valence-electron chi connectivity index (χ3n) is 2.69. The smallest absolute Gasteiger partial charge is 0.264 e. The maximum absolute atomic E-state index is 12.4. The van der Waals surface area contributed by atoms with E-state index in [0.29, 0.717) is 16.4 Å². The van der Waals surface area contributed by atoms with E-state index < -0.39 is 10.0 Å². The maximum atomic E-state index is 12.4. The van der Waals surface area contributed by atoms with Crippen molar-refractivity contribution in [3.63, 3.8) is 0 Å². The van der Waals surface area contributed by atoms with Gasteiger partial charge in [0.15, 0.2) is 0 Å². The molecule has 6 heteroatoms. The molecule has 2 aromatic carbocycles. The molecule has 19 heavy (non-hydrogen) atoms. The van der Waals surface area contributed by atoms with Crippen LogP contribution >= 0.6 is 11.6 Å². The van der Waals surface area contributed by atoms with Crippen molar-refractivity contribution in [2.45, 2.75) is 4.90 Å². The first-order valence-corrected chi connectivity index (χ1v) is 7.33. The Balaban J connectivity index is 2.45. The van der Waals surface area contributed by atoms with Gasteiger partial charge in [0.1, 0.15) is 0 Å². The summed E-state index contributed by atoms with van der Waals surface area (Å²) in [7, 11) is -2.16. The van der Waals surface area contributed by atoms with Crippen LogP contribution in [0.1, 0.15) is 0 Å². The minimum Gasteiger partial charge on any atom is -0.399 e. The lowest BCUT2D eigenvalue weighted by Crippen LogP contribution is -2.26. The summed E-state index contributed by atoms with van der Waals surface area (Å²) in [5, 5.41) is 0.377. The SMILES string of the molecule is CN(c1cccc(N)c1)S(=O)(=O)c1cccc(Cl)c1. The van der Waals surface area contributed by atoms with Gasteiger partial charge in [-0.1, -0.05) is 23.7 Å². The van der Waals surface area contributed by atoms with Crippen LogP contribution in [-0.2, 0) is 10.0 Å². The molecule has 0 saturated carbocycles. The van der Waals surface area contributed by atoms with Crippen LogP contribution in [0, 0.1) is 0 Å². The number of hydrogen-bond donors (Lipinski definition) is 1.